The van der Waals surface area contributed by atoms with E-state index in [1.165, 1.54) is 21.9 Å². The molecule has 0 heterocycles. The molecule has 2 aromatic carbocycles. The Labute approximate surface area is 114 Å². The minimum Gasteiger partial charge on any atom is -0.497 e. The molecule has 0 spiro atoms. The van der Waals surface area contributed by atoms with E-state index in [0.29, 0.717) is 0 Å². The second-order valence-electron chi connectivity index (χ2n) is 5.12. The monoisotopic (exact) mass is 255 g/mol. The SMILES string of the molecule is COc1ccc2cccc(CC(N)C=C(C)C)c2c1. The molecule has 2 nitrogen and oxygen atoms in total. The first-order valence-corrected chi connectivity index (χ1v) is 6.56. The number of methoxy groups -OCH3 is 1. The molecule has 0 aliphatic heterocycles. The van der Waals surface area contributed by atoms with E-state index >= 15 is 0 Å². The number of benzene rings is 2. The quantitative estimate of drug-likeness (QED) is 0.846. The highest BCUT2D eigenvalue weighted by molar-refractivity contribution is 5.87. The molecule has 0 radical (unpaired) electrons. The van der Waals surface area contributed by atoms with Gasteiger partial charge >= 0.3 is 0 Å². The Morgan fingerprint density at radius 3 is 2.74 bits per heavy atom. The maximum atomic E-state index is 6.16. The van der Waals surface area contributed by atoms with Crippen molar-refractivity contribution >= 4 is 10.8 Å². The third-order valence-corrected chi connectivity index (χ3v) is 3.18. The Kier molecular flexibility index (Phi) is 4.23. The first kappa shape index (κ1) is 13.6. The van der Waals surface area contributed by atoms with Gasteiger partial charge in [0.2, 0.25) is 0 Å². The fourth-order valence-corrected chi connectivity index (χ4v) is 2.36. The van der Waals surface area contributed by atoms with E-state index in [4.69, 9.17) is 10.5 Å². The van der Waals surface area contributed by atoms with E-state index in [1.807, 2.05) is 6.07 Å². The molecular formula is C17H21NO. The normalized spacial score (nSPS) is 12.2. The smallest absolute Gasteiger partial charge is 0.119 e. The van der Waals surface area contributed by atoms with Crippen LogP contribution in [-0.2, 0) is 6.42 Å². The number of allylic oxidation sites excluding steroid dienone is 1. The average molecular weight is 255 g/mol. The summed E-state index contributed by atoms with van der Waals surface area (Å²) in [5.74, 6) is 0.885. The summed E-state index contributed by atoms with van der Waals surface area (Å²) in [7, 11) is 1.69. The highest BCUT2D eigenvalue weighted by Gasteiger charge is 2.06. The summed E-state index contributed by atoms with van der Waals surface area (Å²) in [6.07, 6.45) is 2.95. The van der Waals surface area contributed by atoms with Crippen LogP contribution in [0.2, 0.25) is 0 Å². The van der Waals surface area contributed by atoms with Crippen molar-refractivity contribution in [1.82, 2.24) is 0 Å². The molecule has 2 heteroatoms. The summed E-state index contributed by atoms with van der Waals surface area (Å²) in [4.78, 5) is 0. The maximum Gasteiger partial charge on any atom is 0.119 e. The van der Waals surface area contributed by atoms with Crippen molar-refractivity contribution in [2.45, 2.75) is 26.3 Å². The van der Waals surface area contributed by atoms with Crippen LogP contribution in [-0.4, -0.2) is 13.2 Å². The molecule has 0 fully saturated rings. The predicted octanol–water partition coefficient (Wildman–Crippen LogP) is 3.68. The summed E-state index contributed by atoms with van der Waals surface area (Å²) >= 11 is 0. The Morgan fingerprint density at radius 1 is 1.26 bits per heavy atom. The number of ether oxygens (including phenoxy) is 1. The molecular weight excluding hydrogens is 234 g/mol. The van der Waals surface area contributed by atoms with Crippen LogP contribution in [0, 0.1) is 0 Å². The zero-order valence-corrected chi connectivity index (χ0v) is 11.8. The number of hydrogen-bond donors (Lipinski definition) is 1. The molecule has 0 saturated heterocycles. The summed E-state index contributed by atoms with van der Waals surface area (Å²) in [5.41, 5.74) is 8.68. The fraction of sp³-hybridized carbons (Fsp3) is 0.294. The topological polar surface area (TPSA) is 35.2 Å². The van der Waals surface area contributed by atoms with Crippen LogP contribution in [0.3, 0.4) is 0 Å². The molecule has 2 N–H and O–H groups in total. The number of fused-ring (bicyclic) bond motifs is 1. The highest BCUT2D eigenvalue weighted by atomic mass is 16.5. The molecule has 0 bridgehead atoms. The van der Waals surface area contributed by atoms with Crippen molar-refractivity contribution in [3.8, 4) is 5.75 Å². The lowest BCUT2D eigenvalue weighted by atomic mass is 9.98. The zero-order chi connectivity index (χ0) is 13.8. The van der Waals surface area contributed by atoms with Gasteiger partial charge in [-0.3, -0.25) is 0 Å². The molecule has 100 valence electrons. The van der Waals surface area contributed by atoms with Gasteiger partial charge in [-0.25, -0.2) is 0 Å². The number of rotatable bonds is 4. The van der Waals surface area contributed by atoms with Crippen molar-refractivity contribution < 1.29 is 4.74 Å². The maximum absolute atomic E-state index is 6.16. The summed E-state index contributed by atoms with van der Waals surface area (Å²) in [6, 6.07) is 12.6. The minimum atomic E-state index is 0.0572. The van der Waals surface area contributed by atoms with Crippen molar-refractivity contribution in [1.29, 1.82) is 0 Å². The van der Waals surface area contributed by atoms with E-state index in [9.17, 15) is 0 Å². The van der Waals surface area contributed by atoms with E-state index in [2.05, 4.69) is 50.3 Å². The second kappa shape index (κ2) is 5.89. The molecule has 0 aromatic heterocycles. The van der Waals surface area contributed by atoms with Crippen molar-refractivity contribution in [2.75, 3.05) is 7.11 Å². The van der Waals surface area contributed by atoms with Crippen molar-refractivity contribution in [2.24, 2.45) is 5.73 Å². The first-order valence-electron chi connectivity index (χ1n) is 6.56. The lowest BCUT2D eigenvalue weighted by Crippen LogP contribution is -2.20. The average Bonchev–Trinajstić information content (AvgIpc) is 2.37. The van der Waals surface area contributed by atoms with E-state index in [1.54, 1.807) is 7.11 Å². The Hall–Kier alpha value is -1.80. The second-order valence-corrected chi connectivity index (χ2v) is 5.12. The van der Waals surface area contributed by atoms with Gasteiger partial charge in [-0.1, -0.05) is 35.9 Å². The molecule has 0 aliphatic rings. The lowest BCUT2D eigenvalue weighted by molar-refractivity contribution is 0.415. The molecule has 2 rings (SSSR count). The van der Waals surface area contributed by atoms with Crippen LogP contribution in [0.4, 0.5) is 0 Å². The third kappa shape index (κ3) is 3.36. The lowest BCUT2D eigenvalue weighted by Gasteiger charge is -2.11. The summed E-state index contributed by atoms with van der Waals surface area (Å²) in [5, 5.41) is 2.45. The third-order valence-electron chi connectivity index (χ3n) is 3.18. The van der Waals surface area contributed by atoms with E-state index < -0.39 is 0 Å². The van der Waals surface area contributed by atoms with Crippen LogP contribution in [0.15, 0.2) is 48.0 Å². The Morgan fingerprint density at radius 2 is 2.05 bits per heavy atom. The van der Waals surface area contributed by atoms with Gasteiger partial charge in [0.05, 0.1) is 7.11 Å². The zero-order valence-electron chi connectivity index (χ0n) is 11.8. The number of nitrogens with two attached hydrogens (primary N) is 1. The van der Waals surface area contributed by atoms with Gasteiger partial charge < -0.3 is 10.5 Å². The van der Waals surface area contributed by atoms with Crippen LogP contribution >= 0.6 is 0 Å². The molecule has 2 aromatic rings. The number of hydrogen-bond acceptors (Lipinski definition) is 2. The van der Waals surface area contributed by atoms with E-state index in [-0.39, 0.29) is 6.04 Å². The van der Waals surface area contributed by atoms with Crippen LogP contribution in [0.1, 0.15) is 19.4 Å². The van der Waals surface area contributed by atoms with Gasteiger partial charge in [-0.15, -0.1) is 0 Å². The molecule has 1 atom stereocenters. The van der Waals surface area contributed by atoms with Gasteiger partial charge in [0, 0.05) is 6.04 Å². The van der Waals surface area contributed by atoms with Crippen LogP contribution in [0.25, 0.3) is 10.8 Å². The minimum absolute atomic E-state index is 0.0572. The Balaban J connectivity index is 2.39. The Bertz CT molecular complexity index is 597. The molecule has 0 aliphatic carbocycles. The summed E-state index contributed by atoms with van der Waals surface area (Å²) < 4.78 is 5.30. The van der Waals surface area contributed by atoms with Gasteiger partial charge in [-0.2, -0.15) is 0 Å². The van der Waals surface area contributed by atoms with Gasteiger partial charge in [0.15, 0.2) is 0 Å². The van der Waals surface area contributed by atoms with Crippen molar-refractivity contribution in [3.63, 3.8) is 0 Å². The van der Waals surface area contributed by atoms with Gasteiger partial charge in [-0.05, 0) is 48.7 Å². The molecule has 19 heavy (non-hydrogen) atoms. The summed E-state index contributed by atoms with van der Waals surface area (Å²) in [6.45, 7) is 4.15. The van der Waals surface area contributed by atoms with Crippen LogP contribution in [0.5, 0.6) is 5.75 Å². The van der Waals surface area contributed by atoms with Crippen LogP contribution < -0.4 is 10.5 Å². The molecule has 0 saturated carbocycles. The largest absolute Gasteiger partial charge is 0.497 e. The predicted molar refractivity (Wildman–Crippen MR) is 81.6 cm³/mol. The van der Waals surface area contributed by atoms with E-state index in [0.717, 1.165) is 12.2 Å². The van der Waals surface area contributed by atoms with Gasteiger partial charge in [0.1, 0.15) is 5.75 Å². The first-order chi connectivity index (χ1) is 9.10. The molecule has 1 unspecified atom stereocenters. The van der Waals surface area contributed by atoms with Gasteiger partial charge in [0.25, 0.3) is 0 Å². The standard InChI is InChI=1S/C17H21NO/c1-12(2)9-15(18)10-14-6-4-5-13-7-8-16(19-3)11-17(13)14/h4-9,11,15H,10,18H2,1-3H3. The highest BCUT2D eigenvalue weighted by Crippen LogP contribution is 2.25. The fourth-order valence-electron chi connectivity index (χ4n) is 2.36. The molecule has 0 amide bonds. The van der Waals surface area contributed by atoms with Crippen molar-refractivity contribution in [3.05, 3.63) is 53.6 Å².